The summed E-state index contributed by atoms with van der Waals surface area (Å²) < 4.78 is 5.52. The van der Waals surface area contributed by atoms with Gasteiger partial charge in [-0.05, 0) is 69.7 Å². The summed E-state index contributed by atoms with van der Waals surface area (Å²) in [5.74, 6) is 6.32. The number of hydrogen-bond acceptors (Lipinski definition) is 9. The van der Waals surface area contributed by atoms with E-state index < -0.39 is 5.41 Å². The fourth-order valence-electron chi connectivity index (χ4n) is 4.08. The average molecular weight is 563 g/mol. The quantitative estimate of drug-likeness (QED) is 0.152. The lowest BCUT2D eigenvalue weighted by Gasteiger charge is -2.23. The Hall–Kier alpha value is -3.09. The van der Waals surface area contributed by atoms with Gasteiger partial charge in [0.15, 0.2) is 0 Å². The minimum atomic E-state index is -0.689. The molecule has 0 bridgehead atoms. The van der Waals surface area contributed by atoms with Crippen molar-refractivity contribution >= 4 is 51.4 Å². The summed E-state index contributed by atoms with van der Waals surface area (Å²) >= 11 is 2.65. The molecule has 2 aromatic rings. The Morgan fingerprint density at radius 3 is 2.54 bits per heavy atom. The molecule has 2 aromatic heterocycles. The molecule has 3 aliphatic rings. The molecule has 3 heterocycles. The van der Waals surface area contributed by atoms with Gasteiger partial charge < -0.3 is 9.80 Å². The molecule has 11 heteroatoms. The van der Waals surface area contributed by atoms with Crippen molar-refractivity contribution in [3.63, 3.8) is 0 Å². The third-order valence-electron chi connectivity index (χ3n) is 6.86. The topological polar surface area (TPSA) is 124 Å². The highest BCUT2D eigenvalue weighted by molar-refractivity contribution is 8.26. The zero-order valence-electron chi connectivity index (χ0n) is 22.8. The van der Waals surface area contributed by atoms with Crippen molar-refractivity contribution in [2.75, 3.05) is 34.2 Å². The molecule has 3 N–H and O–H groups in total. The largest absolute Gasteiger partial charge is 0.351 e. The van der Waals surface area contributed by atoms with Crippen molar-refractivity contribution in [1.82, 2.24) is 23.9 Å². The van der Waals surface area contributed by atoms with Gasteiger partial charge in [0.2, 0.25) is 6.41 Å². The van der Waals surface area contributed by atoms with Crippen LogP contribution in [-0.4, -0.2) is 75.5 Å². The predicted octanol–water partition coefficient (Wildman–Crippen LogP) is 4.25. The number of thioether (sulfide) groups is 1. The maximum Gasteiger partial charge on any atom is 0.209 e. The van der Waals surface area contributed by atoms with Crippen molar-refractivity contribution in [2.45, 2.75) is 49.5 Å². The van der Waals surface area contributed by atoms with Crippen LogP contribution < -0.4 is 4.72 Å². The Morgan fingerprint density at radius 2 is 2.00 bits per heavy atom. The van der Waals surface area contributed by atoms with Crippen LogP contribution in [0.4, 0.5) is 0 Å². The highest BCUT2D eigenvalue weighted by Gasteiger charge is 2.48. The van der Waals surface area contributed by atoms with E-state index in [-0.39, 0.29) is 15.6 Å². The van der Waals surface area contributed by atoms with Gasteiger partial charge in [-0.15, -0.1) is 5.92 Å². The highest BCUT2D eigenvalue weighted by Crippen LogP contribution is 2.49. The van der Waals surface area contributed by atoms with Crippen LogP contribution in [0.25, 0.3) is 11.2 Å². The maximum absolute atomic E-state index is 9.43. The van der Waals surface area contributed by atoms with Crippen LogP contribution in [0.15, 0.2) is 29.4 Å². The van der Waals surface area contributed by atoms with Crippen LogP contribution in [0.2, 0.25) is 0 Å². The molecule has 0 radical (unpaired) electrons. The SMILES string of the molecule is CC#CC1(NSc2cc(C3=CCN(C)CC3)c3ncc(C(=N)SC(=N)C4(C#N)CC4)n3c2)CC1.CN(C)C=O. The molecular formula is C28H34N8OS2. The van der Waals surface area contributed by atoms with Crippen LogP contribution >= 0.6 is 23.7 Å². The molecular weight excluding hydrogens is 528 g/mol. The molecule has 9 nitrogen and oxygen atoms in total. The van der Waals surface area contributed by atoms with E-state index in [1.165, 1.54) is 10.5 Å². The number of rotatable bonds is 7. The first-order valence-electron chi connectivity index (χ1n) is 12.8. The lowest BCUT2D eigenvalue weighted by Crippen LogP contribution is -2.24. The molecule has 1 aliphatic heterocycles. The molecule has 0 atom stereocenters. The van der Waals surface area contributed by atoms with E-state index in [0.29, 0.717) is 18.5 Å². The third-order valence-corrected chi connectivity index (χ3v) is 8.82. The molecule has 5 rings (SSSR count). The smallest absolute Gasteiger partial charge is 0.209 e. The van der Waals surface area contributed by atoms with E-state index in [2.05, 4.69) is 46.7 Å². The summed E-state index contributed by atoms with van der Waals surface area (Å²) in [5, 5.41) is 27.0. The number of carbonyl (C=O) groups excluding carboxylic acids is 1. The summed E-state index contributed by atoms with van der Waals surface area (Å²) in [7, 11) is 5.50. The molecule has 0 aromatic carbocycles. The Kier molecular flexibility index (Phi) is 8.87. The number of imidazole rings is 1. The molecule has 0 saturated heterocycles. The van der Waals surface area contributed by atoms with E-state index in [0.717, 1.165) is 66.6 Å². The number of carbonyl (C=O) groups is 1. The second kappa shape index (κ2) is 12.0. The second-order valence-electron chi connectivity index (χ2n) is 10.4. The van der Waals surface area contributed by atoms with Crippen LogP contribution in [0.3, 0.4) is 0 Å². The predicted molar refractivity (Wildman–Crippen MR) is 159 cm³/mol. The van der Waals surface area contributed by atoms with Crippen molar-refractivity contribution in [3.05, 3.63) is 35.8 Å². The standard InChI is InChI=1S/C25H27N7S2.C3H7NO/c1-3-6-25(9-10-25)30-34-18-13-19(17-4-11-31(2)12-5-17)22-29-14-20(32(22)15-18)21(27)33-23(28)24(16-26)7-8-24;1-4(2)3-5/h4,13-15,27-28,30H,5,7-12H2,1-2H3;3H,1-2H3. The van der Waals surface area contributed by atoms with Crippen molar-refractivity contribution < 1.29 is 4.79 Å². The first-order valence-corrected chi connectivity index (χ1v) is 14.4. The van der Waals surface area contributed by atoms with E-state index in [1.54, 1.807) is 32.2 Å². The molecule has 0 spiro atoms. The van der Waals surface area contributed by atoms with Crippen molar-refractivity contribution in [2.24, 2.45) is 5.41 Å². The molecule has 204 valence electrons. The number of aromatic nitrogens is 2. The van der Waals surface area contributed by atoms with Gasteiger partial charge >= 0.3 is 0 Å². The Balaban J connectivity index is 0.000000648. The van der Waals surface area contributed by atoms with Gasteiger partial charge in [0.05, 0.1) is 28.5 Å². The minimum Gasteiger partial charge on any atom is -0.351 e. The Morgan fingerprint density at radius 1 is 1.28 bits per heavy atom. The molecule has 2 saturated carbocycles. The van der Waals surface area contributed by atoms with E-state index in [9.17, 15) is 10.1 Å². The number of pyridine rings is 1. The molecule has 0 unspecified atom stereocenters. The zero-order chi connectivity index (χ0) is 28.2. The van der Waals surface area contributed by atoms with Crippen LogP contribution in [0.5, 0.6) is 0 Å². The zero-order valence-corrected chi connectivity index (χ0v) is 24.4. The molecule has 1 amide bonds. The number of nitrogens with zero attached hydrogens (tertiary/aromatic N) is 5. The Labute approximate surface area is 238 Å². The van der Waals surface area contributed by atoms with Crippen LogP contribution in [0, 0.1) is 39.4 Å². The van der Waals surface area contributed by atoms with E-state index in [4.69, 9.17) is 15.8 Å². The Bertz CT molecular complexity index is 1420. The summed E-state index contributed by atoms with van der Waals surface area (Å²) in [5.41, 5.74) is 3.03. The molecule has 39 heavy (non-hydrogen) atoms. The summed E-state index contributed by atoms with van der Waals surface area (Å²) in [6.07, 6.45) is 11.2. The second-order valence-corrected chi connectivity index (χ2v) is 12.3. The van der Waals surface area contributed by atoms with Gasteiger partial charge in [-0.1, -0.05) is 23.8 Å². The fraction of sp³-hybridized carbons (Fsp3) is 0.464. The van der Waals surface area contributed by atoms with E-state index in [1.807, 2.05) is 17.5 Å². The van der Waals surface area contributed by atoms with Gasteiger partial charge in [0.1, 0.15) is 16.1 Å². The summed E-state index contributed by atoms with van der Waals surface area (Å²) in [4.78, 5) is 18.9. The lowest BCUT2D eigenvalue weighted by atomic mass is 10.0. The van der Waals surface area contributed by atoms with Crippen LogP contribution in [-0.2, 0) is 4.79 Å². The van der Waals surface area contributed by atoms with Gasteiger partial charge in [-0.3, -0.25) is 20.0 Å². The molecule has 2 fully saturated rings. The summed E-state index contributed by atoms with van der Waals surface area (Å²) in [6.45, 7) is 3.77. The monoisotopic (exact) mass is 562 g/mol. The molecule has 2 aliphatic carbocycles. The van der Waals surface area contributed by atoms with Gasteiger partial charge in [0.25, 0.3) is 0 Å². The number of amides is 1. The minimum absolute atomic E-state index is 0.105. The number of nitriles is 1. The van der Waals surface area contributed by atoms with E-state index >= 15 is 0 Å². The normalized spacial score (nSPS) is 18.4. The van der Waals surface area contributed by atoms with Gasteiger partial charge in [0, 0.05) is 43.8 Å². The van der Waals surface area contributed by atoms with Gasteiger partial charge in [-0.25, -0.2) is 9.71 Å². The third kappa shape index (κ3) is 6.74. The number of nitrogens with one attached hydrogen (secondary N) is 3. The highest BCUT2D eigenvalue weighted by atomic mass is 32.2. The first-order chi connectivity index (χ1) is 18.7. The average Bonchev–Trinajstić information content (AvgIpc) is 3.85. The first kappa shape index (κ1) is 28.9. The fourth-order valence-corrected chi connectivity index (χ4v) is 5.89. The number of fused-ring (bicyclic) bond motifs is 1. The van der Waals surface area contributed by atoms with Crippen molar-refractivity contribution in [1.29, 1.82) is 16.1 Å². The van der Waals surface area contributed by atoms with Crippen LogP contribution in [0.1, 0.15) is 50.3 Å². The summed E-state index contributed by atoms with van der Waals surface area (Å²) in [6, 6.07) is 4.44. The van der Waals surface area contributed by atoms with Gasteiger partial charge in [-0.2, -0.15) is 5.26 Å². The lowest BCUT2D eigenvalue weighted by molar-refractivity contribution is -0.115. The number of likely N-dealkylation sites (N-methyl/N-ethyl adjacent to an activating group) is 1. The maximum atomic E-state index is 9.43. The van der Waals surface area contributed by atoms with Crippen molar-refractivity contribution in [3.8, 4) is 17.9 Å². The number of hydrogen-bond donors (Lipinski definition) is 3.